The predicted octanol–water partition coefficient (Wildman–Crippen LogP) is 4.93. The number of hydrogen-bond acceptors (Lipinski definition) is 2. The van der Waals surface area contributed by atoms with Crippen molar-refractivity contribution < 1.29 is 0 Å². The van der Waals surface area contributed by atoms with Crippen molar-refractivity contribution in [2.75, 3.05) is 7.05 Å². The van der Waals surface area contributed by atoms with Crippen molar-refractivity contribution in [3.63, 3.8) is 0 Å². The summed E-state index contributed by atoms with van der Waals surface area (Å²) in [6.07, 6.45) is 4.20. The van der Waals surface area contributed by atoms with Gasteiger partial charge in [0.25, 0.3) is 0 Å². The van der Waals surface area contributed by atoms with Gasteiger partial charge < -0.3 is 4.98 Å². The summed E-state index contributed by atoms with van der Waals surface area (Å²) in [7, 11) is 2.01. The third kappa shape index (κ3) is 2.91. The Kier molecular flexibility index (Phi) is 4.00. The minimum absolute atomic E-state index is 0.461. The lowest BCUT2D eigenvalue weighted by molar-refractivity contribution is 0.344. The van der Waals surface area contributed by atoms with E-state index >= 15 is 0 Å². The molecule has 4 heteroatoms. The third-order valence-electron chi connectivity index (χ3n) is 4.16. The molecule has 1 aliphatic rings. The lowest BCUT2D eigenvalue weighted by Gasteiger charge is -2.14. The van der Waals surface area contributed by atoms with Crippen LogP contribution in [0.3, 0.4) is 0 Å². The number of fused-ring (bicyclic) bond motifs is 1. The molecule has 22 heavy (non-hydrogen) atoms. The van der Waals surface area contributed by atoms with Crippen LogP contribution in [-0.4, -0.2) is 28.8 Å². The number of hydrogen-bond donors (Lipinski definition) is 1. The quantitative estimate of drug-likeness (QED) is 0.615. The molecular formula is C18H22ClN3. The van der Waals surface area contributed by atoms with Crippen LogP contribution in [0.2, 0.25) is 5.02 Å². The fraction of sp³-hybridized carbons (Fsp3) is 0.389. The molecule has 1 heterocycles. The van der Waals surface area contributed by atoms with Crippen LogP contribution in [0, 0.1) is 0 Å². The summed E-state index contributed by atoms with van der Waals surface area (Å²) in [6, 6.07) is 6.81. The van der Waals surface area contributed by atoms with Gasteiger partial charge in [-0.15, -0.1) is 0 Å². The van der Waals surface area contributed by atoms with Crippen molar-refractivity contribution in [3.8, 4) is 0 Å². The second kappa shape index (κ2) is 5.81. The number of aromatic amines is 1. The molecule has 2 aromatic rings. The summed E-state index contributed by atoms with van der Waals surface area (Å²) in [4.78, 5) is 3.47. The maximum Gasteiger partial charge on any atom is 0.0913 e. The van der Waals surface area contributed by atoms with Crippen molar-refractivity contribution in [3.05, 3.63) is 47.1 Å². The Morgan fingerprint density at radius 1 is 1.41 bits per heavy atom. The van der Waals surface area contributed by atoms with Gasteiger partial charge in [0.15, 0.2) is 0 Å². The molecule has 0 bridgehead atoms. The van der Waals surface area contributed by atoms with Crippen LogP contribution >= 0.6 is 11.6 Å². The SMILES string of the molecule is C=C/C(=N\N(C)C1CC1)c1cc2[nH]c(C(C)C)cc2cc1Cl. The molecule has 0 radical (unpaired) electrons. The van der Waals surface area contributed by atoms with E-state index < -0.39 is 0 Å². The van der Waals surface area contributed by atoms with E-state index in [1.54, 1.807) is 6.08 Å². The van der Waals surface area contributed by atoms with Gasteiger partial charge in [-0.2, -0.15) is 5.10 Å². The Bertz CT molecular complexity index is 738. The number of nitrogens with one attached hydrogen (secondary N) is 1. The number of benzene rings is 1. The molecule has 116 valence electrons. The zero-order valence-electron chi connectivity index (χ0n) is 13.4. The van der Waals surface area contributed by atoms with Crippen molar-refractivity contribution >= 4 is 28.2 Å². The van der Waals surface area contributed by atoms with Crippen molar-refractivity contribution in [1.29, 1.82) is 0 Å². The molecule has 3 nitrogen and oxygen atoms in total. The zero-order chi connectivity index (χ0) is 15.9. The van der Waals surface area contributed by atoms with E-state index in [1.165, 1.54) is 18.5 Å². The normalized spacial score (nSPS) is 15.6. The summed E-state index contributed by atoms with van der Waals surface area (Å²) in [5, 5.41) is 8.54. The summed E-state index contributed by atoms with van der Waals surface area (Å²) < 4.78 is 0. The van der Waals surface area contributed by atoms with E-state index in [4.69, 9.17) is 11.6 Å². The number of rotatable bonds is 5. The van der Waals surface area contributed by atoms with E-state index in [0.29, 0.717) is 17.0 Å². The number of nitrogens with zero attached hydrogens (tertiary/aromatic N) is 2. The van der Waals surface area contributed by atoms with Crippen LogP contribution in [0.4, 0.5) is 0 Å². The Labute approximate surface area is 136 Å². The fourth-order valence-electron chi connectivity index (χ4n) is 2.59. The predicted molar refractivity (Wildman–Crippen MR) is 94.9 cm³/mol. The van der Waals surface area contributed by atoms with Gasteiger partial charge in [0.05, 0.1) is 10.7 Å². The van der Waals surface area contributed by atoms with E-state index in [1.807, 2.05) is 18.1 Å². The molecular weight excluding hydrogens is 294 g/mol. The molecule has 1 N–H and O–H groups in total. The van der Waals surface area contributed by atoms with E-state index in [-0.39, 0.29) is 0 Å². The third-order valence-corrected chi connectivity index (χ3v) is 4.47. The minimum Gasteiger partial charge on any atom is -0.358 e. The molecule has 1 aromatic carbocycles. The molecule has 3 rings (SSSR count). The Balaban J connectivity index is 2.04. The average Bonchev–Trinajstić information content (AvgIpc) is 3.24. The fourth-order valence-corrected chi connectivity index (χ4v) is 2.86. The first kappa shape index (κ1) is 15.2. The lowest BCUT2D eigenvalue weighted by atomic mass is 10.1. The average molecular weight is 316 g/mol. The standard InChI is InChI=1S/C18H22ClN3/c1-5-16(21-22(4)13-6-7-13)14-10-18-12(8-15(14)19)9-17(20-18)11(2)3/h5,8-11,13,20H,1,6-7H2,2-4H3/b21-16+. The summed E-state index contributed by atoms with van der Waals surface area (Å²) >= 11 is 6.48. The van der Waals surface area contributed by atoms with Crippen LogP contribution in [0.25, 0.3) is 10.9 Å². The monoisotopic (exact) mass is 315 g/mol. The van der Waals surface area contributed by atoms with E-state index in [9.17, 15) is 0 Å². The molecule has 1 aliphatic carbocycles. The van der Waals surface area contributed by atoms with Gasteiger partial charge in [-0.25, -0.2) is 0 Å². The highest BCUT2D eigenvalue weighted by atomic mass is 35.5. The van der Waals surface area contributed by atoms with Crippen LogP contribution in [0.15, 0.2) is 36.0 Å². The van der Waals surface area contributed by atoms with Gasteiger partial charge in [-0.3, -0.25) is 5.01 Å². The first-order chi connectivity index (χ1) is 10.5. The Morgan fingerprint density at radius 3 is 2.73 bits per heavy atom. The number of aromatic nitrogens is 1. The van der Waals surface area contributed by atoms with Gasteiger partial charge in [0.1, 0.15) is 0 Å². The van der Waals surface area contributed by atoms with Crippen molar-refractivity contribution in [2.45, 2.75) is 38.6 Å². The smallest absolute Gasteiger partial charge is 0.0913 e. The van der Waals surface area contributed by atoms with Crippen LogP contribution in [-0.2, 0) is 0 Å². The number of H-pyrrole nitrogens is 1. The highest BCUT2D eigenvalue weighted by molar-refractivity contribution is 6.35. The van der Waals surface area contributed by atoms with E-state index in [2.05, 4.69) is 42.6 Å². The van der Waals surface area contributed by atoms with Crippen molar-refractivity contribution in [1.82, 2.24) is 9.99 Å². The Hall–Kier alpha value is -1.74. The highest BCUT2D eigenvalue weighted by Gasteiger charge is 2.26. The summed E-state index contributed by atoms with van der Waals surface area (Å²) in [6.45, 7) is 8.25. The second-order valence-electron chi connectivity index (χ2n) is 6.29. The van der Waals surface area contributed by atoms with Crippen LogP contribution < -0.4 is 0 Å². The van der Waals surface area contributed by atoms with Crippen LogP contribution in [0.1, 0.15) is 43.9 Å². The Morgan fingerprint density at radius 2 is 2.14 bits per heavy atom. The zero-order valence-corrected chi connectivity index (χ0v) is 14.1. The summed E-state index contributed by atoms with van der Waals surface area (Å²) in [5.41, 5.74) is 4.05. The highest BCUT2D eigenvalue weighted by Crippen LogP contribution is 2.29. The van der Waals surface area contributed by atoms with Gasteiger partial charge >= 0.3 is 0 Å². The summed E-state index contributed by atoms with van der Waals surface area (Å²) in [5.74, 6) is 0.461. The molecule has 0 saturated heterocycles. The number of hydrazone groups is 1. The van der Waals surface area contributed by atoms with E-state index in [0.717, 1.165) is 22.2 Å². The van der Waals surface area contributed by atoms with Crippen LogP contribution in [0.5, 0.6) is 0 Å². The first-order valence-corrected chi connectivity index (χ1v) is 8.13. The maximum absolute atomic E-state index is 6.48. The maximum atomic E-state index is 6.48. The first-order valence-electron chi connectivity index (χ1n) is 7.76. The van der Waals surface area contributed by atoms with Gasteiger partial charge in [0, 0.05) is 35.2 Å². The van der Waals surface area contributed by atoms with Gasteiger partial charge in [0.2, 0.25) is 0 Å². The van der Waals surface area contributed by atoms with Crippen molar-refractivity contribution in [2.24, 2.45) is 5.10 Å². The minimum atomic E-state index is 0.461. The topological polar surface area (TPSA) is 31.4 Å². The van der Waals surface area contributed by atoms with Gasteiger partial charge in [-0.05, 0) is 43.0 Å². The molecule has 1 fully saturated rings. The molecule has 0 aliphatic heterocycles. The molecule has 1 saturated carbocycles. The number of halogens is 1. The molecule has 1 aromatic heterocycles. The molecule has 0 unspecified atom stereocenters. The molecule has 0 spiro atoms. The van der Waals surface area contributed by atoms with Gasteiger partial charge in [-0.1, -0.05) is 32.0 Å². The number of allylic oxidation sites excluding steroid dienone is 1. The largest absolute Gasteiger partial charge is 0.358 e. The molecule has 0 atom stereocenters. The lowest BCUT2D eigenvalue weighted by Crippen LogP contribution is -2.16. The molecule has 0 amide bonds. The second-order valence-corrected chi connectivity index (χ2v) is 6.70.